The van der Waals surface area contributed by atoms with Gasteiger partial charge in [-0.05, 0) is 0 Å². The standard InChI is InChI=1S/C7H10FN3O/c1-10-6(12)7(8)2-3-11(4-7)5-9/h2-4H2,1H3,(H,10,12). The molecule has 0 aliphatic carbocycles. The summed E-state index contributed by atoms with van der Waals surface area (Å²) >= 11 is 0. The van der Waals surface area contributed by atoms with Crippen molar-refractivity contribution in [1.82, 2.24) is 10.2 Å². The van der Waals surface area contributed by atoms with E-state index in [4.69, 9.17) is 5.26 Å². The number of amides is 1. The first kappa shape index (κ1) is 8.78. The van der Waals surface area contributed by atoms with E-state index in [1.165, 1.54) is 11.9 Å². The highest BCUT2D eigenvalue weighted by molar-refractivity contribution is 5.85. The molecule has 1 amide bonds. The van der Waals surface area contributed by atoms with Crippen molar-refractivity contribution in [3.63, 3.8) is 0 Å². The molecule has 0 bridgehead atoms. The normalized spacial score (nSPS) is 28.2. The Balaban J connectivity index is 2.65. The van der Waals surface area contributed by atoms with Crippen LogP contribution < -0.4 is 5.32 Å². The molecule has 12 heavy (non-hydrogen) atoms. The minimum absolute atomic E-state index is 0.0975. The number of rotatable bonds is 1. The Hall–Kier alpha value is -1.31. The molecule has 1 atom stereocenters. The lowest BCUT2D eigenvalue weighted by atomic mass is 10.1. The second-order valence-corrected chi connectivity index (χ2v) is 2.82. The number of alkyl halides is 1. The summed E-state index contributed by atoms with van der Waals surface area (Å²) in [5.41, 5.74) is -1.87. The van der Waals surface area contributed by atoms with Gasteiger partial charge in [0.1, 0.15) is 0 Å². The molecule has 1 fully saturated rings. The van der Waals surface area contributed by atoms with Crippen LogP contribution in [0.2, 0.25) is 0 Å². The Morgan fingerprint density at radius 2 is 2.50 bits per heavy atom. The van der Waals surface area contributed by atoms with E-state index >= 15 is 0 Å². The van der Waals surface area contributed by atoms with E-state index in [2.05, 4.69) is 5.32 Å². The van der Waals surface area contributed by atoms with Gasteiger partial charge in [-0.1, -0.05) is 0 Å². The Kier molecular flexibility index (Phi) is 2.18. The first-order valence-electron chi connectivity index (χ1n) is 3.68. The van der Waals surface area contributed by atoms with Gasteiger partial charge in [-0.15, -0.1) is 0 Å². The fourth-order valence-electron chi connectivity index (χ4n) is 1.27. The molecule has 1 unspecified atom stereocenters. The lowest BCUT2D eigenvalue weighted by Gasteiger charge is -2.15. The van der Waals surface area contributed by atoms with Gasteiger partial charge >= 0.3 is 0 Å². The molecule has 1 aliphatic rings. The van der Waals surface area contributed by atoms with Gasteiger partial charge in [-0.3, -0.25) is 4.79 Å². The number of likely N-dealkylation sites (tertiary alicyclic amines) is 1. The van der Waals surface area contributed by atoms with Gasteiger partial charge < -0.3 is 10.2 Å². The predicted molar refractivity (Wildman–Crippen MR) is 39.7 cm³/mol. The number of carbonyl (C=O) groups excluding carboxylic acids is 1. The van der Waals surface area contributed by atoms with Gasteiger partial charge in [0.2, 0.25) is 5.67 Å². The van der Waals surface area contributed by atoms with E-state index in [9.17, 15) is 9.18 Å². The lowest BCUT2D eigenvalue weighted by molar-refractivity contribution is -0.131. The molecule has 1 rings (SSSR count). The minimum Gasteiger partial charge on any atom is -0.356 e. The van der Waals surface area contributed by atoms with E-state index in [0.717, 1.165) is 0 Å². The zero-order valence-electron chi connectivity index (χ0n) is 6.80. The Bertz CT molecular complexity index is 237. The van der Waals surface area contributed by atoms with Crippen molar-refractivity contribution in [2.75, 3.05) is 20.1 Å². The number of nitrogens with zero attached hydrogens (tertiary/aromatic N) is 2. The maximum absolute atomic E-state index is 13.5. The molecule has 0 spiro atoms. The number of nitrogens with one attached hydrogen (secondary N) is 1. The third-order valence-corrected chi connectivity index (χ3v) is 1.99. The molecule has 1 heterocycles. The topological polar surface area (TPSA) is 56.1 Å². The van der Waals surface area contributed by atoms with Crippen LogP contribution in [0, 0.1) is 11.5 Å². The van der Waals surface area contributed by atoms with Crippen molar-refractivity contribution in [3.8, 4) is 6.19 Å². The molecular weight excluding hydrogens is 161 g/mol. The molecule has 0 aromatic rings. The SMILES string of the molecule is CNC(=O)C1(F)CCN(C#N)C1. The van der Waals surface area contributed by atoms with E-state index in [1.54, 1.807) is 0 Å². The van der Waals surface area contributed by atoms with Crippen molar-refractivity contribution < 1.29 is 9.18 Å². The molecule has 0 radical (unpaired) electrons. The summed E-state index contributed by atoms with van der Waals surface area (Å²) in [6.07, 6.45) is 1.91. The van der Waals surface area contributed by atoms with Gasteiger partial charge in [0.15, 0.2) is 6.19 Å². The largest absolute Gasteiger partial charge is 0.356 e. The summed E-state index contributed by atoms with van der Waals surface area (Å²) in [5, 5.41) is 10.7. The maximum Gasteiger partial charge on any atom is 0.259 e. The molecule has 66 valence electrons. The molecule has 0 saturated carbocycles. The Morgan fingerprint density at radius 1 is 1.83 bits per heavy atom. The maximum atomic E-state index is 13.5. The molecule has 4 nitrogen and oxygen atoms in total. The van der Waals surface area contributed by atoms with Crippen LogP contribution in [-0.4, -0.2) is 36.6 Å². The fraction of sp³-hybridized carbons (Fsp3) is 0.714. The van der Waals surface area contributed by atoms with E-state index in [1.807, 2.05) is 6.19 Å². The summed E-state index contributed by atoms with van der Waals surface area (Å²) in [6.45, 7) is 0.198. The predicted octanol–water partition coefficient (Wildman–Crippen LogP) is -0.373. The van der Waals surface area contributed by atoms with Crippen molar-refractivity contribution in [2.45, 2.75) is 12.1 Å². The highest BCUT2D eigenvalue weighted by Gasteiger charge is 2.44. The average molecular weight is 171 g/mol. The first-order chi connectivity index (χ1) is 5.62. The summed E-state index contributed by atoms with van der Waals surface area (Å²) in [4.78, 5) is 12.2. The van der Waals surface area contributed by atoms with Crippen LogP contribution in [-0.2, 0) is 4.79 Å². The summed E-state index contributed by atoms with van der Waals surface area (Å²) in [5.74, 6) is -0.639. The number of carbonyl (C=O) groups is 1. The van der Waals surface area contributed by atoms with E-state index < -0.39 is 11.6 Å². The average Bonchev–Trinajstić information content (AvgIpc) is 2.47. The van der Waals surface area contributed by atoms with E-state index in [0.29, 0.717) is 6.54 Å². The second kappa shape index (κ2) is 2.97. The van der Waals surface area contributed by atoms with Crippen LogP contribution in [0.5, 0.6) is 0 Å². The summed E-state index contributed by atoms with van der Waals surface area (Å²) in [6, 6.07) is 0. The van der Waals surface area contributed by atoms with Crippen LogP contribution in [0.4, 0.5) is 4.39 Å². The summed E-state index contributed by atoms with van der Waals surface area (Å²) in [7, 11) is 1.39. The van der Waals surface area contributed by atoms with Gasteiger partial charge in [-0.2, -0.15) is 5.26 Å². The molecule has 5 heteroatoms. The van der Waals surface area contributed by atoms with Crippen molar-refractivity contribution in [3.05, 3.63) is 0 Å². The second-order valence-electron chi connectivity index (χ2n) is 2.82. The van der Waals surface area contributed by atoms with Gasteiger partial charge in [0, 0.05) is 20.0 Å². The third-order valence-electron chi connectivity index (χ3n) is 1.99. The molecule has 1 N–H and O–H groups in total. The fourth-order valence-corrected chi connectivity index (χ4v) is 1.27. The Labute approximate surface area is 70.0 Å². The van der Waals surface area contributed by atoms with Crippen molar-refractivity contribution >= 4 is 5.91 Å². The molecule has 1 saturated heterocycles. The highest BCUT2D eigenvalue weighted by Crippen LogP contribution is 2.24. The summed E-state index contributed by atoms with van der Waals surface area (Å²) < 4.78 is 13.5. The van der Waals surface area contributed by atoms with Crippen molar-refractivity contribution in [2.24, 2.45) is 0 Å². The van der Waals surface area contributed by atoms with Crippen LogP contribution in [0.3, 0.4) is 0 Å². The third kappa shape index (κ3) is 1.33. The van der Waals surface area contributed by atoms with Crippen LogP contribution in [0.15, 0.2) is 0 Å². The quantitative estimate of drug-likeness (QED) is 0.547. The van der Waals surface area contributed by atoms with Gasteiger partial charge in [0.05, 0.1) is 6.54 Å². The number of halogens is 1. The number of hydrogen-bond donors (Lipinski definition) is 1. The smallest absolute Gasteiger partial charge is 0.259 e. The number of hydrogen-bond acceptors (Lipinski definition) is 3. The molecular formula is C7H10FN3O. The highest BCUT2D eigenvalue weighted by atomic mass is 19.1. The first-order valence-corrected chi connectivity index (χ1v) is 3.68. The van der Waals surface area contributed by atoms with Crippen molar-refractivity contribution in [1.29, 1.82) is 5.26 Å². The zero-order chi connectivity index (χ0) is 9.19. The van der Waals surface area contributed by atoms with E-state index in [-0.39, 0.29) is 13.0 Å². The zero-order valence-corrected chi connectivity index (χ0v) is 6.80. The van der Waals surface area contributed by atoms with Crippen LogP contribution in [0.25, 0.3) is 0 Å². The van der Waals surface area contributed by atoms with Gasteiger partial charge in [-0.25, -0.2) is 4.39 Å². The Morgan fingerprint density at radius 3 is 2.92 bits per heavy atom. The van der Waals surface area contributed by atoms with Gasteiger partial charge in [0.25, 0.3) is 5.91 Å². The molecule has 1 aliphatic heterocycles. The molecule has 0 aromatic carbocycles. The molecule has 0 aromatic heterocycles. The minimum atomic E-state index is -1.87. The lowest BCUT2D eigenvalue weighted by Crippen LogP contribution is -2.43. The van der Waals surface area contributed by atoms with Crippen LogP contribution in [0.1, 0.15) is 6.42 Å². The monoisotopic (exact) mass is 171 g/mol. The van der Waals surface area contributed by atoms with Crippen LogP contribution >= 0.6 is 0 Å². The number of nitriles is 1.